The van der Waals surface area contributed by atoms with E-state index in [2.05, 4.69) is 23.5 Å². The Morgan fingerprint density at radius 3 is 2.71 bits per heavy atom. The maximum atomic E-state index is 10.9. The molecule has 2 N–H and O–H groups in total. The number of terminal acetylenes is 1. The van der Waals surface area contributed by atoms with Gasteiger partial charge in [0.2, 0.25) is 0 Å². The van der Waals surface area contributed by atoms with E-state index in [0.29, 0.717) is 6.54 Å². The minimum atomic E-state index is -0.295. The van der Waals surface area contributed by atoms with Crippen molar-refractivity contribution in [2.75, 3.05) is 19.6 Å². The maximum absolute atomic E-state index is 10.9. The van der Waals surface area contributed by atoms with Gasteiger partial charge in [0.1, 0.15) is 0 Å². The van der Waals surface area contributed by atoms with Crippen LogP contribution >= 0.6 is 0 Å². The van der Waals surface area contributed by atoms with E-state index in [4.69, 9.17) is 6.42 Å². The monoisotopic (exact) mass is 194 g/mol. The summed E-state index contributed by atoms with van der Waals surface area (Å²) in [5.41, 5.74) is 0.262. The van der Waals surface area contributed by atoms with Crippen LogP contribution in [0.3, 0.4) is 0 Å². The summed E-state index contributed by atoms with van der Waals surface area (Å²) in [7, 11) is 0. The van der Waals surface area contributed by atoms with Crippen molar-refractivity contribution in [3.63, 3.8) is 0 Å². The number of amides is 1. The summed E-state index contributed by atoms with van der Waals surface area (Å²) in [4.78, 5) is 10.9. The average molecular weight is 194 g/mol. The Labute approximate surface area is 85.6 Å². The van der Waals surface area contributed by atoms with E-state index in [9.17, 15) is 4.79 Å². The first-order valence-electron chi connectivity index (χ1n) is 5.17. The highest BCUT2D eigenvalue weighted by atomic mass is 16.1. The fourth-order valence-electron chi connectivity index (χ4n) is 1.93. The Kier molecular flexibility index (Phi) is 3.97. The third-order valence-corrected chi connectivity index (χ3v) is 3.17. The molecular formula is C11H18N2O. The molecule has 0 aliphatic carbocycles. The van der Waals surface area contributed by atoms with Gasteiger partial charge in [-0.1, -0.05) is 6.92 Å². The molecule has 1 rings (SSSR count). The van der Waals surface area contributed by atoms with Crippen LogP contribution in [0.4, 0.5) is 0 Å². The number of hydrogen-bond acceptors (Lipinski definition) is 2. The van der Waals surface area contributed by atoms with Crippen LogP contribution in [0.5, 0.6) is 0 Å². The molecule has 1 saturated heterocycles. The van der Waals surface area contributed by atoms with Crippen molar-refractivity contribution in [1.82, 2.24) is 10.6 Å². The molecule has 0 unspecified atom stereocenters. The number of piperidine rings is 1. The van der Waals surface area contributed by atoms with E-state index in [1.54, 1.807) is 0 Å². The topological polar surface area (TPSA) is 41.1 Å². The van der Waals surface area contributed by atoms with E-state index < -0.39 is 0 Å². The maximum Gasteiger partial charge on any atom is 0.295 e. The molecule has 1 aliphatic heterocycles. The molecule has 1 heterocycles. The van der Waals surface area contributed by atoms with Crippen LogP contribution in [0.25, 0.3) is 0 Å². The lowest BCUT2D eigenvalue weighted by Gasteiger charge is -2.36. The Morgan fingerprint density at radius 1 is 1.57 bits per heavy atom. The van der Waals surface area contributed by atoms with Gasteiger partial charge in [0.25, 0.3) is 5.91 Å². The van der Waals surface area contributed by atoms with Crippen molar-refractivity contribution in [1.29, 1.82) is 0 Å². The fraction of sp³-hybridized carbons (Fsp3) is 0.727. The normalized spacial score (nSPS) is 19.7. The van der Waals surface area contributed by atoms with Crippen molar-refractivity contribution in [2.45, 2.75) is 26.2 Å². The number of rotatable bonds is 3. The second kappa shape index (κ2) is 5.02. The molecule has 0 aromatic rings. The van der Waals surface area contributed by atoms with Crippen LogP contribution < -0.4 is 10.6 Å². The van der Waals surface area contributed by atoms with Gasteiger partial charge in [-0.3, -0.25) is 4.79 Å². The smallest absolute Gasteiger partial charge is 0.295 e. The summed E-state index contributed by atoms with van der Waals surface area (Å²) < 4.78 is 0. The summed E-state index contributed by atoms with van der Waals surface area (Å²) in [6.45, 7) is 4.97. The minimum Gasteiger partial charge on any atom is -0.345 e. The summed E-state index contributed by atoms with van der Waals surface area (Å²) in [6.07, 6.45) is 8.33. The molecule has 3 heteroatoms. The number of carbonyl (C=O) groups is 1. The Morgan fingerprint density at radius 2 is 2.21 bits per heavy atom. The van der Waals surface area contributed by atoms with Gasteiger partial charge < -0.3 is 10.6 Å². The van der Waals surface area contributed by atoms with Crippen molar-refractivity contribution in [2.24, 2.45) is 5.41 Å². The van der Waals surface area contributed by atoms with E-state index in [1.165, 1.54) is 0 Å². The van der Waals surface area contributed by atoms with Crippen molar-refractivity contribution < 1.29 is 4.79 Å². The summed E-state index contributed by atoms with van der Waals surface area (Å²) in [6, 6.07) is 0. The third kappa shape index (κ3) is 2.74. The Bertz CT molecular complexity index is 236. The lowest BCUT2D eigenvalue weighted by atomic mass is 9.76. The minimum absolute atomic E-state index is 0.262. The van der Waals surface area contributed by atoms with Crippen molar-refractivity contribution in [3.05, 3.63) is 0 Å². The van der Waals surface area contributed by atoms with Gasteiger partial charge in [0, 0.05) is 6.54 Å². The summed E-state index contributed by atoms with van der Waals surface area (Å²) >= 11 is 0. The lowest BCUT2D eigenvalue weighted by molar-refractivity contribution is -0.116. The highest BCUT2D eigenvalue weighted by Crippen LogP contribution is 2.31. The Balaban J connectivity index is 2.44. The average Bonchev–Trinajstić information content (AvgIpc) is 2.27. The molecule has 0 bridgehead atoms. The van der Waals surface area contributed by atoms with Gasteiger partial charge in [0.15, 0.2) is 0 Å². The van der Waals surface area contributed by atoms with E-state index in [1.807, 2.05) is 0 Å². The largest absolute Gasteiger partial charge is 0.345 e. The lowest BCUT2D eigenvalue weighted by Crippen LogP contribution is -2.44. The third-order valence-electron chi connectivity index (χ3n) is 3.17. The first-order chi connectivity index (χ1) is 6.72. The summed E-state index contributed by atoms with van der Waals surface area (Å²) in [5.74, 6) is 1.79. The molecule has 1 amide bonds. The zero-order chi connectivity index (χ0) is 10.4. The van der Waals surface area contributed by atoms with Gasteiger partial charge in [-0.15, -0.1) is 6.42 Å². The second-order valence-electron chi connectivity index (χ2n) is 3.93. The quantitative estimate of drug-likeness (QED) is 0.643. The van der Waals surface area contributed by atoms with Crippen LogP contribution in [-0.2, 0) is 4.79 Å². The molecule has 0 saturated carbocycles. The van der Waals surface area contributed by atoms with Crippen LogP contribution in [0, 0.1) is 17.8 Å². The van der Waals surface area contributed by atoms with Gasteiger partial charge >= 0.3 is 0 Å². The fourth-order valence-corrected chi connectivity index (χ4v) is 1.93. The predicted octanol–water partition coefficient (Wildman–Crippen LogP) is 0.516. The zero-order valence-corrected chi connectivity index (χ0v) is 8.73. The predicted molar refractivity (Wildman–Crippen MR) is 56.7 cm³/mol. The van der Waals surface area contributed by atoms with Gasteiger partial charge in [0.05, 0.1) is 0 Å². The van der Waals surface area contributed by atoms with Crippen LogP contribution in [0.2, 0.25) is 0 Å². The van der Waals surface area contributed by atoms with Crippen LogP contribution in [0.1, 0.15) is 26.2 Å². The molecule has 0 radical (unpaired) electrons. The number of carbonyl (C=O) groups excluding carboxylic acids is 1. The van der Waals surface area contributed by atoms with E-state index in [-0.39, 0.29) is 11.3 Å². The molecule has 0 aromatic heterocycles. The van der Waals surface area contributed by atoms with Crippen molar-refractivity contribution in [3.8, 4) is 12.3 Å². The Hall–Kier alpha value is -1.01. The molecule has 78 valence electrons. The highest BCUT2D eigenvalue weighted by Gasteiger charge is 2.30. The molecule has 0 atom stereocenters. The van der Waals surface area contributed by atoms with Gasteiger partial charge in [-0.25, -0.2) is 0 Å². The summed E-state index contributed by atoms with van der Waals surface area (Å²) in [5, 5.41) is 6.11. The highest BCUT2D eigenvalue weighted by molar-refractivity contribution is 5.92. The second-order valence-corrected chi connectivity index (χ2v) is 3.93. The first-order valence-corrected chi connectivity index (χ1v) is 5.17. The molecule has 14 heavy (non-hydrogen) atoms. The molecule has 1 fully saturated rings. The number of hydrogen-bond donors (Lipinski definition) is 2. The van der Waals surface area contributed by atoms with Crippen molar-refractivity contribution >= 4 is 5.91 Å². The molecular weight excluding hydrogens is 176 g/mol. The van der Waals surface area contributed by atoms with Gasteiger partial charge in [-0.2, -0.15) is 0 Å². The number of nitrogens with one attached hydrogen (secondary N) is 2. The SMILES string of the molecule is C#CC(=O)NCC1(CC)CCNCC1. The van der Waals surface area contributed by atoms with Gasteiger partial charge in [-0.05, 0) is 43.7 Å². The standard InChI is InChI=1S/C11H18N2O/c1-3-10(14)13-9-11(4-2)5-7-12-8-6-11/h1,12H,4-9H2,2H3,(H,13,14). The van der Waals surface area contributed by atoms with Crippen LogP contribution in [0.15, 0.2) is 0 Å². The van der Waals surface area contributed by atoms with E-state index in [0.717, 1.165) is 32.4 Å². The van der Waals surface area contributed by atoms with E-state index >= 15 is 0 Å². The van der Waals surface area contributed by atoms with Crippen LogP contribution in [-0.4, -0.2) is 25.5 Å². The zero-order valence-electron chi connectivity index (χ0n) is 8.73. The first kappa shape index (κ1) is 11.1. The molecule has 0 spiro atoms. The molecule has 0 aromatic carbocycles. The molecule has 1 aliphatic rings. The molecule has 3 nitrogen and oxygen atoms in total.